The third kappa shape index (κ3) is 5.13. The van der Waals surface area contributed by atoms with Crippen molar-refractivity contribution in [2.75, 3.05) is 20.2 Å². The summed E-state index contributed by atoms with van der Waals surface area (Å²) < 4.78 is 11.3. The van der Waals surface area contributed by atoms with Gasteiger partial charge in [-0.15, -0.1) is 0 Å². The lowest BCUT2D eigenvalue weighted by Crippen LogP contribution is -2.42. The van der Waals surface area contributed by atoms with Crippen LogP contribution in [0, 0.1) is 0 Å². The van der Waals surface area contributed by atoms with Crippen molar-refractivity contribution in [3.63, 3.8) is 0 Å². The first kappa shape index (κ1) is 22.1. The van der Waals surface area contributed by atoms with Crippen molar-refractivity contribution in [3.8, 4) is 0 Å². The van der Waals surface area contributed by atoms with Crippen LogP contribution in [0.15, 0.2) is 17.1 Å². The van der Waals surface area contributed by atoms with Gasteiger partial charge in [-0.2, -0.15) is 5.10 Å². The fourth-order valence-electron chi connectivity index (χ4n) is 3.38. The quantitative estimate of drug-likeness (QED) is 0.601. The van der Waals surface area contributed by atoms with Gasteiger partial charge in [-0.25, -0.2) is 19.5 Å². The molecule has 3 N–H and O–H groups in total. The zero-order valence-electron chi connectivity index (χ0n) is 17.9. The molecule has 0 aliphatic carbocycles. The molecule has 1 aliphatic heterocycles. The molecule has 0 unspecified atom stereocenters. The maximum absolute atomic E-state index is 12.4. The minimum absolute atomic E-state index is 0.0347. The van der Waals surface area contributed by atoms with Gasteiger partial charge in [0.2, 0.25) is 0 Å². The summed E-state index contributed by atoms with van der Waals surface area (Å²) in [7, 11) is 1.16. The standard InChI is InChI=1S/C19H26N6O6/c1-19(2,3)31-18(29)24-7-5-11(6-8-24)13-9-14(26)21-15-12(10-20-25(13)15)16(27)22-23-17(28)30-4/h9-11H,5-8H2,1-4H3,(H,21,26)(H,22,27)(H,23,28). The summed E-state index contributed by atoms with van der Waals surface area (Å²) in [4.78, 5) is 52.3. The monoisotopic (exact) mass is 434 g/mol. The maximum Gasteiger partial charge on any atom is 0.425 e. The molecule has 0 radical (unpaired) electrons. The van der Waals surface area contributed by atoms with Crippen molar-refractivity contribution in [3.05, 3.63) is 33.9 Å². The van der Waals surface area contributed by atoms with Gasteiger partial charge < -0.3 is 19.4 Å². The number of methoxy groups -OCH3 is 1. The van der Waals surface area contributed by atoms with Crippen LogP contribution in [0.5, 0.6) is 0 Å². The number of aromatic amines is 1. The second-order valence-corrected chi connectivity index (χ2v) is 8.19. The Labute approximate surface area is 177 Å². The number of carbonyl (C=O) groups excluding carboxylic acids is 3. The highest BCUT2D eigenvalue weighted by molar-refractivity contribution is 6.00. The molecule has 0 saturated carbocycles. The number of ether oxygens (including phenoxy) is 2. The molecule has 3 rings (SSSR count). The highest BCUT2D eigenvalue weighted by Crippen LogP contribution is 2.28. The van der Waals surface area contributed by atoms with Crippen molar-refractivity contribution in [2.24, 2.45) is 0 Å². The van der Waals surface area contributed by atoms with E-state index in [1.54, 1.807) is 4.90 Å². The largest absolute Gasteiger partial charge is 0.452 e. The van der Waals surface area contributed by atoms with E-state index in [1.807, 2.05) is 20.8 Å². The van der Waals surface area contributed by atoms with Crippen LogP contribution in [-0.2, 0) is 9.47 Å². The van der Waals surface area contributed by atoms with Crippen LogP contribution in [0.1, 0.15) is 55.6 Å². The number of hydrogen-bond donors (Lipinski definition) is 3. The summed E-state index contributed by atoms with van der Waals surface area (Å²) >= 11 is 0. The zero-order valence-corrected chi connectivity index (χ0v) is 17.9. The second-order valence-electron chi connectivity index (χ2n) is 8.19. The van der Waals surface area contributed by atoms with Gasteiger partial charge in [-0.1, -0.05) is 0 Å². The molecule has 0 spiro atoms. The minimum Gasteiger partial charge on any atom is -0.452 e. The Morgan fingerprint density at radius 1 is 1.19 bits per heavy atom. The summed E-state index contributed by atoms with van der Waals surface area (Å²) in [6.07, 6.45) is 1.33. The van der Waals surface area contributed by atoms with E-state index in [0.29, 0.717) is 31.6 Å². The molecular weight excluding hydrogens is 408 g/mol. The van der Waals surface area contributed by atoms with Crippen molar-refractivity contribution < 1.29 is 23.9 Å². The van der Waals surface area contributed by atoms with E-state index in [1.165, 1.54) is 16.8 Å². The first-order valence-electron chi connectivity index (χ1n) is 9.82. The molecule has 12 nitrogen and oxygen atoms in total. The Bertz CT molecular complexity index is 1040. The number of likely N-dealkylation sites (tertiary alicyclic amines) is 1. The molecule has 0 bridgehead atoms. The predicted molar refractivity (Wildman–Crippen MR) is 109 cm³/mol. The average Bonchev–Trinajstić information content (AvgIpc) is 3.13. The fraction of sp³-hybridized carbons (Fsp3) is 0.526. The molecule has 3 heterocycles. The number of H-pyrrole nitrogens is 1. The lowest BCUT2D eigenvalue weighted by molar-refractivity contribution is 0.0203. The minimum atomic E-state index is -0.837. The number of nitrogens with zero attached hydrogens (tertiary/aromatic N) is 3. The summed E-state index contributed by atoms with van der Waals surface area (Å²) in [6, 6.07) is 1.45. The van der Waals surface area contributed by atoms with E-state index < -0.39 is 17.6 Å². The number of hydrogen-bond acceptors (Lipinski definition) is 7. The lowest BCUT2D eigenvalue weighted by atomic mass is 9.93. The molecule has 1 aliphatic rings. The molecule has 12 heteroatoms. The SMILES string of the molecule is COC(=O)NNC(=O)c1cnn2c(C3CCN(C(=O)OC(C)(C)C)CC3)cc(=O)[nH]c12. The molecule has 2 aromatic heterocycles. The number of nitrogens with one attached hydrogen (secondary N) is 3. The smallest absolute Gasteiger partial charge is 0.425 e. The van der Waals surface area contributed by atoms with Gasteiger partial charge in [-0.05, 0) is 33.6 Å². The summed E-state index contributed by atoms with van der Waals surface area (Å²) in [5, 5.41) is 4.24. The number of carbonyl (C=O) groups is 3. The number of aromatic nitrogens is 3. The Hall–Kier alpha value is -3.57. The van der Waals surface area contributed by atoms with Crippen LogP contribution in [0.2, 0.25) is 0 Å². The Balaban J connectivity index is 1.77. The van der Waals surface area contributed by atoms with E-state index in [-0.39, 0.29) is 28.8 Å². The molecule has 0 atom stereocenters. The molecule has 168 valence electrons. The average molecular weight is 434 g/mol. The van der Waals surface area contributed by atoms with Gasteiger partial charge >= 0.3 is 12.2 Å². The van der Waals surface area contributed by atoms with Gasteiger partial charge in [0.1, 0.15) is 16.8 Å². The number of fused-ring (bicyclic) bond motifs is 1. The topological polar surface area (TPSA) is 147 Å². The highest BCUT2D eigenvalue weighted by atomic mass is 16.6. The lowest BCUT2D eigenvalue weighted by Gasteiger charge is -2.33. The van der Waals surface area contributed by atoms with Gasteiger partial charge in [0, 0.05) is 25.1 Å². The molecule has 1 saturated heterocycles. The third-order valence-electron chi connectivity index (χ3n) is 4.81. The van der Waals surface area contributed by atoms with Crippen LogP contribution in [0.25, 0.3) is 5.65 Å². The van der Waals surface area contributed by atoms with Crippen LogP contribution < -0.4 is 16.4 Å². The zero-order chi connectivity index (χ0) is 22.8. The van der Waals surface area contributed by atoms with Gasteiger partial charge in [0.25, 0.3) is 11.5 Å². The van der Waals surface area contributed by atoms with Gasteiger partial charge in [-0.3, -0.25) is 15.0 Å². The molecule has 2 aromatic rings. The first-order valence-corrected chi connectivity index (χ1v) is 9.82. The van der Waals surface area contributed by atoms with E-state index in [0.717, 1.165) is 7.11 Å². The van der Waals surface area contributed by atoms with E-state index in [4.69, 9.17) is 4.74 Å². The van der Waals surface area contributed by atoms with Crippen molar-refractivity contribution in [1.29, 1.82) is 0 Å². The highest BCUT2D eigenvalue weighted by Gasteiger charge is 2.29. The number of hydrazine groups is 1. The summed E-state index contributed by atoms with van der Waals surface area (Å²) in [5.41, 5.74) is 4.24. The van der Waals surface area contributed by atoms with E-state index >= 15 is 0 Å². The summed E-state index contributed by atoms with van der Waals surface area (Å²) in [6.45, 7) is 6.40. The molecular formula is C19H26N6O6. The van der Waals surface area contributed by atoms with Crippen LogP contribution in [-0.4, -0.2) is 63.4 Å². The van der Waals surface area contributed by atoms with Gasteiger partial charge in [0.15, 0.2) is 0 Å². The maximum atomic E-state index is 12.4. The second kappa shape index (κ2) is 8.66. The van der Waals surface area contributed by atoms with Crippen molar-refractivity contribution >= 4 is 23.7 Å². The fourth-order valence-corrected chi connectivity index (χ4v) is 3.38. The Kier molecular flexibility index (Phi) is 6.18. The Morgan fingerprint density at radius 3 is 2.48 bits per heavy atom. The van der Waals surface area contributed by atoms with Crippen LogP contribution in [0.3, 0.4) is 0 Å². The van der Waals surface area contributed by atoms with Gasteiger partial charge in [0.05, 0.1) is 19.0 Å². The predicted octanol–water partition coefficient (Wildman–Crippen LogP) is 1.14. The van der Waals surface area contributed by atoms with Crippen molar-refractivity contribution in [1.82, 2.24) is 30.3 Å². The van der Waals surface area contributed by atoms with Crippen LogP contribution in [0.4, 0.5) is 9.59 Å². The number of amides is 3. The molecule has 31 heavy (non-hydrogen) atoms. The first-order chi connectivity index (χ1) is 14.6. The Morgan fingerprint density at radius 2 is 1.87 bits per heavy atom. The molecule has 1 fully saturated rings. The van der Waals surface area contributed by atoms with E-state index in [9.17, 15) is 19.2 Å². The van der Waals surface area contributed by atoms with Crippen LogP contribution >= 0.6 is 0 Å². The molecule has 3 amide bonds. The molecule has 0 aromatic carbocycles. The number of rotatable bonds is 2. The summed E-state index contributed by atoms with van der Waals surface area (Å²) in [5.74, 6) is -0.694. The van der Waals surface area contributed by atoms with Crippen molar-refractivity contribution in [2.45, 2.75) is 45.1 Å². The third-order valence-corrected chi connectivity index (χ3v) is 4.81. The number of piperidine rings is 1. The van der Waals surface area contributed by atoms with E-state index in [2.05, 4.69) is 25.7 Å². The normalized spacial score (nSPS) is 14.9.